The zero-order chi connectivity index (χ0) is 22.7. The van der Waals surface area contributed by atoms with Gasteiger partial charge in [-0.25, -0.2) is 0 Å². The molecule has 4 aromatic rings. The van der Waals surface area contributed by atoms with Crippen molar-refractivity contribution in [2.75, 3.05) is 5.32 Å². The predicted octanol–water partition coefficient (Wildman–Crippen LogP) is 6.06. The highest BCUT2D eigenvalue weighted by Crippen LogP contribution is 2.32. The van der Waals surface area contributed by atoms with Gasteiger partial charge < -0.3 is 5.32 Å². The SMILES string of the molecule is Cc1ccccc1-n1c(S[C@H](C)C(=O)Nc2cc(Cl)ccc2Cl)nnc1-c1cccnc1. The molecule has 2 aromatic heterocycles. The van der Waals surface area contributed by atoms with Gasteiger partial charge in [0.05, 0.1) is 21.6 Å². The number of rotatable bonds is 6. The van der Waals surface area contributed by atoms with Crippen LogP contribution in [-0.4, -0.2) is 30.9 Å². The summed E-state index contributed by atoms with van der Waals surface area (Å²) in [6.07, 6.45) is 3.45. The molecule has 0 bridgehead atoms. The number of nitrogens with zero attached hydrogens (tertiary/aromatic N) is 4. The lowest BCUT2D eigenvalue weighted by Crippen LogP contribution is -2.23. The van der Waals surface area contributed by atoms with Crippen molar-refractivity contribution in [1.29, 1.82) is 0 Å². The van der Waals surface area contributed by atoms with Crippen LogP contribution in [-0.2, 0) is 4.79 Å². The molecule has 2 heterocycles. The molecule has 0 fully saturated rings. The van der Waals surface area contributed by atoms with E-state index in [0.717, 1.165) is 16.8 Å². The van der Waals surface area contributed by atoms with Crippen LogP contribution in [0.3, 0.4) is 0 Å². The van der Waals surface area contributed by atoms with Gasteiger partial charge in [0.25, 0.3) is 0 Å². The minimum absolute atomic E-state index is 0.221. The van der Waals surface area contributed by atoms with Crippen LogP contribution in [0.2, 0.25) is 10.0 Å². The maximum atomic E-state index is 12.9. The fourth-order valence-corrected chi connectivity index (χ4v) is 4.30. The van der Waals surface area contributed by atoms with Crippen LogP contribution >= 0.6 is 35.0 Å². The molecule has 32 heavy (non-hydrogen) atoms. The van der Waals surface area contributed by atoms with Crippen LogP contribution in [0.15, 0.2) is 72.1 Å². The number of hydrogen-bond acceptors (Lipinski definition) is 5. The number of nitrogens with one attached hydrogen (secondary N) is 1. The Bertz CT molecular complexity index is 1260. The van der Waals surface area contributed by atoms with E-state index in [1.165, 1.54) is 11.8 Å². The number of benzene rings is 2. The van der Waals surface area contributed by atoms with Crippen molar-refractivity contribution in [3.8, 4) is 17.1 Å². The van der Waals surface area contributed by atoms with E-state index in [1.807, 2.05) is 47.9 Å². The second-order valence-electron chi connectivity index (χ2n) is 7.04. The third-order valence-corrected chi connectivity index (χ3v) is 6.35. The first kappa shape index (κ1) is 22.3. The Labute approximate surface area is 200 Å². The van der Waals surface area contributed by atoms with Crippen molar-refractivity contribution >= 4 is 46.6 Å². The predicted molar refractivity (Wildman–Crippen MR) is 130 cm³/mol. The number of amides is 1. The first-order valence-electron chi connectivity index (χ1n) is 9.78. The molecular formula is C23H19Cl2N5OS. The molecule has 0 radical (unpaired) electrons. The molecule has 6 nitrogen and oxygen atoms in total. The van der Waals surface area contributed by atoms with E-state index in [9.17, 15) is 4.79 Å². The van der Waals surface area contributed by atoms with Gasteiger partial charge in [-0.2, -0.15) is 0 Å². The van der Waals surface area contributed by atoms with E-state index < -0.39 is 5.25 Å². The second-order valence-corrected chi connectivity index (χ2v) is 9.19. The Morgan fingerprint density at radius 1 is 1.09 bits per heavy atom. The number of carbonyl (C=O) groups excluding carboxylic acids is 1. The van der Waals surface area contributed by atoms with Gasteiger partial charge in [0, 0.05) is 23.0 Å². The van der Waals surface area contributed by atoms with Crippen molar-refractivity contribution in [3.05, 3.63) is 82.6 Å². The first-order chi connectivity index (χ1) is 15.4. The monoisotopic (exact) mass is 483 g/mol. The summed E-state index contributed by atoms with van der Waals surface area (Å²) in [5, 5.41) is 12.7. The summed E-state index contributed by atoms with van der Waals surface area (Å²) >= 11 is 13.5. The molecule has 162 valence electrons. The molecule has 0 aliphatic carbocycles. The van der Waals surface area contributed by atoms with E-state index in [1.54, 1.807) is 37.5 Å². The smallest absolute Gasteiger partial charge is 0.237 e. The largest absolute Gasteiger partial charge is 0.324 e. The number of anilines is 1. The maximum Gasteiger partial charge on any atom is 0.237 e. The Morgan fingerprint density at radius 3 is 2.66 bits per heavy atom. The molecule has 0 aliphatic rings. The molecule has 4 rings (SSSR count). The lowest BCUT2D eigenvalue weighted by molar-refractivity contribution is -0.115. The summed E-state index contributed by atoms with van der Waals surface area (Å²) in [5.41, 5.74) is 3.29. The molecule has 1 atom stereocenters. The van der Waals surface area contributed by atoms with Crippen LogP contribution in [0.1, 0.15) is 12.5 Å². The van der Waals surface area contributed by atoms with Crippen molar-refractivity contribution in [2.45, 2.75) is 24.3 Å². The van der Waals surface area contributed by atoms with Crippen LogP contribution in [0, 0.1) is 6.92 Å². The average molecular weight is 484 g/mol. The summed E-state index contributed by atoms with van der Waals surface area (Å²) in [6.45, 7) is 3.83. The summed E-state index contributed by atoms with van der Waals surface area (Å²) < 4.78 is 1.95. The number of thioether (sulfide) groups is 1. The third-order valence-electron chi connectivity index (χ3n) is 4.75. The Balaban J connectivity index is 1.66. The molecule has 2 aromatic carbocycles. The highest BCUT2D eigenvalue weighted by Gasteiger charge is 2.23. The van der Waals surface area contributed by atoms with E-state index in [2.05, 4.69) is 20.5 Å². The van der Waals surface area contributed by atoms with E-state index in [-0.39, 0.29) is 5.91 Å². The van der Waals surface area contributed by atoms with Crippen molar-refractivity contribution in [3.63, 3.8) is 0 Å². The number of hydrogen-bond donors (Lipinski definition) is 1. The van der Waals surface area contributed by atoms with Crippen molar-refractivity contribution < 1.29 is 4.79 Å². The minimum Gasteiger partial charge on any atom is -0.324 e. The van der Waals surface area contributed by atoms with Gasteiger partial charge in [0.2, 0.25) is 5.91 Å². The highest BCUT2D eigenvalue weighted by molar-refractivity contribution is 8.00. The van der Waals surface area contributed by atoms with Gasteiger partial charge in [-0.15, -0.1) is 10.2 Å². The topological polar surface area (TPSA) is 72.7 Å². The molecule has 0 aliphatic heterocycles. The Morgan fingerprint density at radius 2 is 1.91 bits per heavy atom. The zero-order valence-corrected chi connectivity index (χ0v) is 19.6. The second kappa shape index (κ2) is 9.73. The average Bonchev–Trinajstić information content (AvgIpc) is 3.20. The number of aromatic nitrogens is 4. The lowest BCUT2D eigenvalue weighted by atomic mass is 10.2. The van der Waals surface area contributed by atoms with E-state index in [4.69, 9.17) is 23.2 Å². The molecule has 1 N–H and O–H groups in total. The minimum atomic E-state index is -0.473. The number of pyridine rings is 1. The number of halogens is 2. The molecule has 1 amide bonds. The van der Waals surface area contributed by atoms with Gasteiger partial charge >= 0.3 is 0 Å². The number of para-hydroxylation sites is 1. The van der Waals surface area contributed by atoms with Crippen LogP contribution < -0.4 is 5.32 Å². The Kier molecular flexibility index (Phi) is 6.79. The normalized spacial score (nSPS) is 11.9. The summed E-state index contributed by atoms with van der Waals surface area (Å²) in [5.74, 6) is 0.432. The fraction of sp³-hybridized carbons (Fsp3) is 0.130. The molecular weight excluding hydrogens is 465 g/mol. The van der Waals surface area contributed by atoms with E-state index >= 15 is 0 Å². The lowest BCUT2D eigenvalue weighted by Gasteiger charge is -2.15. The summed E-state index contributed by atoms with van der Waals surface area (Å²) in [7, 11) is 0. The third kappa shape index (κ3) is 4.80. The van der Waals surface area contributed by atoms with Crippen molar-refractivity contribution in [2.24, 2.45) is 0 Å². The molecule has 0 saturated carbocycles. The van der Waals surface area contributed by atoms with Gasteiger partial charge in [0.1, 0.15) is 0 Å². The summed E-state index contributed by atoms with van der Waals surface area (Å²) in [6, 6.07) is 16.7. The van der Waals surface area contributed by atoms with Gasteiger partial charge in [0.15, 0.2) is 11.0 Å². The van der Waals surface area contributed by atoms with Crippen LogP contribution in [0.4, 0.5) is 5.69 Å². The van der Waals surface area contributed by atoms with Gasteiger partial charge in [-0.05, 0) is 55.8 Å². The highest BCUT2D eigenvalue weighted by atomic mass is 35.5. The Hall–Kier alpha value is -2.87. The zero-order valence-electron chi connectivity index (χ0n) is 17.3. The number of carbonyl (C=O) groups is 1. The molecule has 0 unspecified atom stereocenters. The summed E-state index contributed by atoms with van der Waals surface area (Å²) in [4.78, 5) is 17.1. The molecule has 9 heteroatoms. The van der Waals surface area contributed by atoms with Crippen molar-refractivity contribution in [1.82, 2.24) is 19.7 Å². The molecule has 0 saturated heterocycles. The van der Waals surface area contributed by atoms with Gasteiger partial charge in [-0.1, -0.05) is 53.2 Å². The van der Waals surface area contributed by atoms with Crippen LogP contribution in [0.25, 0.3) is 17.1 Å². The molecule has 0 spiro atoms. The fourth-order valence-electron chi connectivity index (χ4n) is 3.10. The van der Waals surface area contributed by atoms with Crippen LogP contribution in [0.5, 0.6) is 0 Å². The first-order valence-corrected chi connectivity index (χ1v) is 11.4. The standard InChI is InChI=1S/C23H19Cl2N5OS/c1-14-6-3-4-8-20(14)30-21(16-7-5-11-26-13-16)28-29-23(30)32-15(2)22(31)27-19-12-17(24)9-10-18(19)25/h3-13,15H,1-2H3,(H,27,31)/t15-/m1/s1. The number of aryl methyl sites for hydroxylation is 1. The van der Waals surface area contributed by atoms with Gasteiger partial charge in [-0.3, -0.25) is 14.3 Å². The quantitative estimate of drug-likeness (QED) is 0.337. The maximum absolute atomic E-state index is 12.9. The van der Waals surface area contributed by atoms with E-state index in [0.29, 0.717) is 26.7 Å².